The lowest BCUT2D eigenvalue weighted by molar-refractivity contribution is -0.128. The average molecular weight is 219 g/mol. The zero-order valence-electron chi connectivity index (χ0n) is 9.13. The standard InChI is InChI=1S/C11H13N3O2/c1-5-3-6(2)9-7(4-5)8(10(15)13-9)11(16)14-12/h3-4,8H,12H2,1-2H3,(H,13,15)(H,14,16). The molecule has 0 fully saturated rings. The lowest BCUT2D eigenvalue weighted by Crippen LogP contribution is -2.37. The molecule has 16 heavy (non-hydrogen) atoms. The first kappa shape index (κ1) is 10.6. The molecule has 0 saturated heterocycles. The SMILES string of the molecule is Cc1cc(C)c2c(c1)C(C(=O)NN)C(=O)N2. The number of benzene rings is 1. The van der Waals surface area contributed by atoms with E-state index in [0.29, 0.717) is 5.56 Å². The Morgan fingerprint density at radius 3 is 2.75 bits per heavy atom. The number of hydrogen-bond acceptors (Lipinski definition) is 3. The first-order valence-electron chi connectivity index (χ1n) is 4.97. The van der Waals surface area contributed by atoms with E-state index in [2.05, 4.69) is 5.32 Å². The molecule has 0 bridgehead atoms. The third-order valence-corrected chi connectivity index (χ3v) is 2.74. The van der Waals surface area contributed by atoms with E-state index in [1.165, 1.54) is 0 Å². The molecule has 5 nitrogen and oxygen atoms in total. The van der Waals surface area contributed by atoms with Crippen LogP contribution in [0, 0.1) is 13.8 Å². The average Bonchev–Trinajstić information content (AvgIpc) is 2.54. The van der Waals surface area contributed by atoms with Crippen LogP contribution in [0.15, 0.2) is 12.1 Å². The highest BCUT2D eigenvalue weighted by Gasteiger charge is 2.36. The van der Waals surface area contributed by atoms with Crippen LogP contribution in [0.3, 0.4) is 0 Å². The van der Waals surface area contributed by atoms with Gasteiger partial charge < -0.3 is 5.32 Å². The molecule has 4 N–H and O–H groups in total. The number of fused-ring (bicyclic) bond motifs is 1. The molecule has 1 unspecified atom stereocenters. The summed E-state index contributed by atoms with van der Waals surface area (Å²) >= 11 is 0. The number of anilines is 1. The van der Waals surface area contributed by atoms with Crippen molar-refractivity contribution in [2.24, 2.45) is 5.84 Å². The predicted octanol–water partition coefficient (Wildman–Crippen LogP) is 0.329. The molecule has 1 aliphatic heterocycles. The van der Waals surface area contributed by atoms with Gasteiger partial charge in [0.25, 0.3) is 5.91 Å². The van der Waals surface area contributed by atoms with Crippen molar-refractivity contribution >= 4 is 17.5 Å². The quantitative estimate of drug-likeness (QED) is 0.275. The Morgan fingerprint density at radius 1 is 1.44 bits per heavy atom. The monoisotopic (exact) mass is 219 g/mol. The fourth-order valence-corrected chi connectivity index (χ4v) is 2.08. The number of carbonyl (C=O) groups excluding carboxylic acids is 2. The van der Waals surface area contributed by atoms with Gasteiger partial charge in [-0.3, -0.25) is 15.0 Å². The van der Waals surface area contributed by atoms with Gasteiger partial charge >= 0.3 is 0 Å². The molecule has 1 atom stereocenters. The summed E-state index contributed by atoms with van der Waals surface area (Å²) in [5, 5.41) is 2.70. The van der Waals surface area contributed by atoms with Gasteiger partial charge in [-0.05, 0) is 25.0 Å². The van der Waals surface area contributed by atoms with Crippen LogP contribution in [-0.2, 0) is 9.59 Å². The number of hydrazine groups is 1. The van der Waals surface area contributed by atoms with E-state index in [1.54, 1.807) is 0 Å². The van der Waals surface area contributed by atoms with Crippen molar-refractivity contribution in [1.29, 1.82) is 0 Å². The molecule has 0 saturated carbocycles. The van der Waals surface area contributed by atoms with Gasteiger partial charge in [-0.25, -0.2) is 5.84 Å². The summed E-state index contributed by atoms with van der Waals surface area (Å²) in [6, 6.07) is 3.79. The Labute approximate surface area is 93.0 Å². The Morgan fingerprint density at radius 2 is 2.12 bits per heavy atom. The molecule has 0 spiro atoms. The molecule has 1 aromatic rings. The van der Waals surface area contributed by atoms with Crippen LogP contribution in [0.1, 0.15) is 22.6 Å². The van der Waals surface area contributed by atoms with Crippen LogP contribution in [0.2, 0.25) is 0 Å². The van der Waals surface area contributed by atoms with Crippen LogP contribution >= 0.6 is 0 Å². The third-order valence-electron chi connectivity index (χ3n) is 2.74. The van der Waals surface area contributed by atoms with Gasteiger partial charge in [0.15, 0.2) is 0 Å². The number of hydrogen-bond donors (Lipinski definition) is 3. The minimum Gasteiger partial charge on any atom is -0.325 e. The molecule has 84 valence electrons. The van der Waals surface area contributed by atoms with Gasteiger partial charge in [0, 0.05) is 5.69 Å². The van der Waals surface area contributed by atoms with Crippen molar-refractivity contribution in [3.63, 3.8) is 0 Å². The second-order valence-corrected chi connectivity index (χ2v) is 3.98. The highest BCUT2D eigenvalue weighted by Crippen LogP contribution is 2.35. The number of aryl methyl sites for hydroxylation is 2. The summed E-state index contributed by atoms with van der Waals surface area (Å²) < 4.78 is 0. The van der Waals surface area contributed by atoms with Crippen LogP contribution in [0.4, 0.5) is 5.69 Å². The van der Waals surface area contributed by atoms with E-state index in [1.807, 2.05) is 31.4 Å². The van der Waals surface area contributed by atoms with Crippen LogP contribution in [-0.4, -0.2) is 11.8 Å². The van der Waals surface area contributed by atoms with Gasteiger partial charge in [-0.15, -0.1) is 0 Å². The summed E-state index contributed by atoms with van der Waals surface area (Å²) in [4.78, 5) is 23.2. The maximum Gasteiger partial charge on any atom is 0.251 e. The number of amides is 2. The molecule has 1 aliphatic rings. The van der Waals surface area contributed by atoms with Gasteiger partial charge in [0.05, 0.1) is 0 Å². The predicted molar refractivity (Wildman–Crippen MR) is 59.6 cm³/mol. The Kier molecular flexibility index (Phi) is 2.40. The van der Waals surface area contributed by atoms with E-state index in [-0.39, 0.29) is 5.91 Å². The van der Waals surface area contributed by atoms with Crippen molar-refractivity contribution in [2.45, 2.75) is 19.8 Å². The largest absolute Gasteiger partial charge is 0.325 e. The smallest absolute Gasteiger partial charge is 0.251 e. The number of nitrogens with one attached hydrogen (secondary N) is 2. The number of rotatable bonds is 1. The second kappa shape index (κ2) is 3.61. The van der Waals surface area contributed by atoms with Gasteiger partial charge in [-0.2, -0.15) is 0 Å². The normalized spacial score (nSPS) is 17.9. The van der Waals surface area contributed by atoms with E-state index in [0.717, 1.165) is 16.8 Å². The molecule has 2 amide bonds. The summed E-state index contributed by atoms with van der Waals surface area (Å²) in [5.74, 6) is 3.42. The molecule has 2 rings (SSSR count). The fourth-order valence-electron chi connectivity index (χ4n) is 2.08. The highest BCUT2D eigenvalue weighted by molar-refractivity contribution is 6.16. The number of carbonyl (C=O) groups is 2. The van der Waals surface area contributed by atoms with E-state index >= 15 is 0 Å². The summed E-state index contributed by atoms with van der Waals surface area (Å²) in [5.41, 5.74) is 5.41. The lowest BCUT2D eigenvalue weighted by Gasteiger charge is -2.08. The van der Waals surface area contributed by atoms with Gasteiger partial charge in [0.1, 0.15) is 5.92 Å². The molecule has 1 heterocycles. The molecule has 0 aromatic heterocycles. The Balaban J connectivity index is 2.56. The van der Waals surface area contributed by atoms with Crippen molar-refractivity contribution in [1.82, 2.24) is 5.43 Å². The highest BCUT2D eigenvalue weighted by atomic mass is 16.2. The van der Waals surface area contributed by atoms with Crippen molar-refractivity contribution in [3.8, 4) is 0 Å². The minimum absolute atomic E-state index is 0.327. The Bertz CT molecular complexity index is 482. The van der Waals surface area contributed by atoms with Crippen LogP contribution in [0.25, 0.3) is 0 Å². The molecule has 5 heteroatoms. The van der Waals surface area contributed by atoms with E-state index in [4.69, 9.17) is 5.84 Å². The van der Waals surface area contributed by atoms with E-state index in [9.17, 15) is 9.59 Å². The number of nitrogens with two attached hydrogens (primary N) is 1. The van der Waals surface area contributed by atoms with Crippen LogP contribution < -0.4 is 16.6 Å². The molecule has 0 radical (unpaired) electrons. The first-order valence-corrected chi connectivity index (χ1v) is 4.97. The van der Waals surface area contributed by atoms with Crippen molar-refractivity contribution < 1.29 is 9.59 Å². The molecule has 1 aromatic carbocycles. The van der Waals surface area contributed by atoms with Gasteiger partial charge in [-0.1, -0.05) is 17.7 Å². The maximum atomic E-state index is 11.7. The second-order valence-electron chi connectivity index (χ2n) is 3.98. The third kappa shape index (κ3) is 1.45. The molecule has 0 aliphatic carbocycles. The van der Waals surface area contributed by atoms with E-state index < -0.39 is 11.8 Å². The van der Waals surface area contributed by atoms with Crippen LogP contribution in [0.5, 0.6) is 0 Å². The minimum atomic E-state index is -0.835. The van der Waals surface area contributed by atoms with Crippen molar-refractivity contribution in [2.75, 3.05) is 5.32 Å². The maximum absolute atomic E-state index is 11.7. The zero-order chi connectivity index (χ0) is 11.9. The summed E-state index contributed by atoms with van der Waals surface area (Å²) in [6.45, 7) is 3.82. The first-order chi connectivity index (χ1) is 7.54. The topological polar surface area (TPSA) is 84.2 Å². The van der Waals surface area contributed by atoms with Crippen molar-refractivity contribution in [3.05, 3.63) is 28.8 Å². The molecular weight excluding hydrogens is 206 g/mol. The summed E-state index contributed by atoms with van der Waals surface area (Å²) in [7, 11) is 0. The Hall–Kier alpha value is -1.88. The molecular formula is C11H13N3O2. The van der Waals surface area contributed by atoms with Gasteiger partial charge in [0.2, 0.25) is 5.91 Å². The zero-order valence-corrected chi connectivity index (χ0v) is 9.13. The fraction of sp³-hybridized carbons (Fsp3) is 0.273. The lowest BCUT2D eigenvalue weighted by atomic mass is 9.96. The summed E-state index contributed by atoms with van der Waals surface area (Å²) in [6.07, 6.45) is 0.